The van der Waals surface area contributed by atoms with Crippen molar-refractivity contribution >= 4 is 75.5 Å². The second-order valence-electron chi connectivity index (χ2n) is 8.15. The van der Waals surface area contributed by atoms with Gasteiger partial charge in [0.1, 0.15) is 11.3 Å². The SMILES string of the molecule is CCN(CC)c1ccc(/C=C2/C(=O)N(c3ccccc3)C(=S)N(c3ccc(Cl)c(Cl)c3)C2=O)c(OC)c1. The van der Waals surface area contributed by atoms with Gasteiger partial charge in [-0.25, -0.2) is 0 Å². The molecule has 1 aliphatic rings. The lowest BCUT2D eigenvalue weighted by Crippen LogP contribution is -2.56. The lowest BCUT2D eigenvalue weighted by molar-refractivity contribution is -0.120. The summed E-state index contributed by atoms with van der Waals surface area (Å²) in [5.41, 5.74) is 2.43. The molecule has 0 N–H and O–H groups in total. The van der Waals surface area contributed by atoms with Gasteiger partial charge >= 0.3 is 0 Å². The van der Waals surface area contributed by atoms with E-state index in [0.29, 0.717) is 27.7 Å². The van der Waals surface area contributed by atoms with Crippen LogP contribution in [-0.2, 0) is 9.59 Å². The van der Waals surface area contributed by atoms with Crippen LogP contribution in [0.5, 0.6) is 5.75 Å². The maximum atomic E-state index is 13.8. The molecule has 2 amide bonds. The number of hydrogen-bond donors (Lipinski definition) is 0. The third kappa shape index (κ3) is 5.21. The van der Waals surface area contributed by atoms with Crippen molar-refractivity contribution in [3.8, 4) is 5.75 Å². The van der Waals surface area contributed by atoms with E-state index < -0.39 is 11.8 Å². The summed E-state index contributed by atoms with van der Waals surface area (Å²) in [4.78, 5) is 32.3. The summed E-state index contributed by atoms with van der Waals surface area (Å²) < 4.78 is 5.63. The highest BCUT2D eigenvalue weighted by Crippen LogP contribution is 2.34. The van der Waals surface area contributed by atoms with Gasteiger partial charge in [-0.1, -0.05) is 41.4 Å². The van der Waals surface area contributed by atoms with Crippen LogP contribution in [0.1, 0.15) is 19.4 Å². The molecule has 0 bridgehead atoms. The van der Waals surface area contributed by atoms with E-state index in [1.54, 1.807) is 49.6 Å². The van der Waals surface area contributed by atoms with Gasteiger partial charge in [0.25, 0.3) is 11.8 Å². The van der Waals surface area contributed by atoms with Gasteiger partial charge in [-0.15, -0.1) is 0 Å². The minimum absolute atomic E-state index is 0.0144. The first-order valence-corrected chi connectivity index (χ1v) is 12.8. The van der Waals surface area contributed by atoms with Crippen LogP contribution in [0, 0.1) is 0 Å². The van der Waals surface area contributed by atoms with E-state index in [1.807, 2.05) is 24.3 Å². The van der Waals surface area contributed by atoms with Crippen molar-refractivity contribution in [1.82, 2.24) is 0 Å². The van der Waals surface area contributed by atoms with Gasteiger partial charge in [0.05, 0.1) is 28.5 Å². The Kier molecular flexibility index (Phi) is 8.17. The van der Waals surface area contributed by atoms with E-state index in [4.69, 9.17) is 40.2 Å². The third-order valence-corrected chi connectivity index (χ3v) is 7.18. The number of halogens is 2. The van der Waals surface area contributed by atoms with Gasteiger partial charge in [0.2, 0.25) is 0 Å². The number of rotatable bonds is 7. The Labute approximate surface area is 231 Å². The monoisotopic (exact) mass is 553 g/mol. The number of nitrogens with zero attached hydrogens (tertiary/aromatic N) is 3. The van der Waals surface area contributed by atoms with Crippen LogP contribution in [0.4, 0.5) is 17.1 Å². The molecule has 3 aromatic carbocycles. The average molecular weight is 554 g/mol. The van der Waals surface area contributed by atoms with Crippen molar-refractivity contribution < 1.29 is 14.3 Å². The molecule has 1 fully saturated rings. The van der Waals surface area contributed by atoms with Crippen molar-refractivity contribution in [3.05, 3.63) is 87.9 Å². The molecule has 1 aliphatic heterocycles. The topological polar surface area (TPSA) is 53.1 Å². The number of methoxy groups -OCH3 is 1. The van der Waals surface area contributed by atoms with E-state index in [-0.39, 0.29) is 15.7 Å². The molecule has 190 valence electrons. The molecule has 0 unspecified atom stereocenters. The van der Waals surface area contributed by atoms with E-state index in [2.05, 4.69) is 18.7 Å². The van der Waals surface area contributed by atoms with Crippen molar-refractivity contribution in [2.24, 2.45) is 0 Å². The zero-order valence-corrected chi connectivity index (χ0v) is 22.9. The van der Waals surface area contributed by atoms with Gasteiger partial charge in [-0.3, -0.25) is 19.4 Å². The van der Waals surface area contributed by atoms with E-state index in [1.165, 1.54) is 15.9 Å². The summed E-state index contributed by atoms with van der Waals surface area (Å²) in [6.07, 6.45) is 1.54. The predicted molar refractivity (Wildman–Crippen MR) is 155 cm³/mol. The van der Waals surface area contributed by atoms with Crippen LogP contribution in [0.15, 0.2) is 72.3 Å². The number of anilines is 3. The van der Waals surface area contributed by atoms with Crippen molar-refractivity contribution in [1.29, 1.82) is 0 Å². The van der Waals surface area contributed by atoms with Crippen molar-refractivity contribution in [2.75, 3.05) is 34.9 Å². The number of carbonyl (C=O) groups is 2. The fraction of sp³-hybridized carbons (Fsp3) is 0.179. The Morgan fingerprint density at radius 2 is 1.51 bits per heavy atom. The number of thiocarbonyl (C=S) groups is 1. The molecule has 0 saturated carbocycles. The van der Waals surface area contributed by atoms with Gasteiger partial charge in [0.15, 0.2) is 5.11 Å². The van der Waals surface area contributed by atoms with E-state index >= 15 is 0 Å². The normalized spacial score (nSPS) is 14.9. The molecule has 1 saturated heterocycles. The standard InChI is InChI=1S/C28H25Cl2N3O3S/c1-4-31(5-2)20-12-11-18(25(17-20)36-3)15-22-26(34)32(19-9-7-6-8-10-19)28(37)33(27(22)35)21-13-14-23(29)24(30)16-21/h6-17H,4-5H2,1-3H3/b22-15-. The maximum absolute atomic E-state index is 13.8. The summed E-state index contributed by atoms with van der Waals surface area (Å²) in [5, 5.41) is 0.614. The number of para-hydroxylation sites is 1. The molecule has 0 aliphatic carbocycles. The van der Waals surface area contributed by atoms with Crippen LogP contribution in [0.25, 0.3) is 6.08 Å². The summed E-state index contributed by atoms with van der Waals surface area (Å²) in [7, 11) is 1.56. The molecule has 37 heavy (non-hydrogen) atoms. The molecule has 4 rings (SSSR count). The Bertz CT molecular complexity index is 1390. The summed E-state index contributed by atoms with van der Waals surface area (Å²) >= 11 is 18.0. The third-order valence-electron chi connectivity index (χ3n) is 6.07. The number of amides is 2. The Morgan fingerprint density at radius 3 is 2.11 bits per heavy atom. The molecule has 1 heterocycles. The van der Waals surface area contributed by atoms with Crippen LogP contribution in [-0.4, -0.2) is 37.1 Å². The molecular weight excluding hydrogens is 529 g/mol. The van der Waals surface area contributed by atoms with Crippen LogP contribution in [0.3, 0.4) is 0 Å². The van der Waals surface area contributed by atoms with Gasteiger partial charge in [-0.05, 0) is 74.6 Å². The second-order valence-corrected chi connectivity index (χ2v) is 9.33. The predicted octanol–water partition coefficient (Wildman–Crippen LogP) is 6.60. The van der Waals surface area contributed by atoms with Crippen LogP contribution < -0.4 is 19.4 Å². The summed E-state index contributed by atoms with van der Waals surface area (Å²) in [6, 6.07) is 19.4. The number of benzene rings is 3. The fourth-order valence-corrected chi connectivity index (χ4v) is 4.82. The highest BCUT2D eigenvalue weighted by molar-refractivity contribution is 7.81. The molecule has 6 nitrogen and oxygen atoms in total. The first kappa shape index (κ1) is 26.7. The first-order chi connectivity index (χ1) is 17.8. The molecule has 3 aromatic rings. The van der Waals surface area contributed by atoms with E-state index in [9.17, 15) is 9.59 Å². The lowest BCUT2D eigenvalue weighted by Gasteiger charge is -2.36. The maximum Gasteiger partial charge on any atom is 0.270 e. The van der Waals surface area contributed by atoms with Gasteiger partial charge in [-0.2, -0.15) is 0 Å². The minimum atomic E-state index is -0.574. The minimum Gasteiger partial charge on any atom is -0.496 e. The molecular formula is C28H25Cl2N3O3S. The van der Waals surface area contributed by atoms with Crippen molar-refractivity contribution in [3.63, 3.8) is 0 Å². The highest BCUT2D eigenvalue weighted by atomic mass is 35.5. The Balaban J connectivity index is 1.87. The quantitative estimate of drug-likeness (QED) is 0.187. The Morgan fingerprint density at radius 1 is 0.865 bits per heavy atom. The number of carbonyl (C=O) groups excluding carboxylic acids is 2. The zero-order chi connectivity index (χ0) is 26.7. The largest absolute Gasteiger partial charge is 0.496 e. The first-order valence-electron chi connectivity index (χ1n) is 11.7. The molecule has 0 spiro atoms. The Hall–Kier alpha value is -3.39. The summed E-state index contributed by atoms with van der Waals surface area (Å²) in [6.45, 7) is 5.81. The molecule has 0 radical (unpaired) electrons. The number of ether oxygens (including phenoxy) is 1. The van der Waals surface area contributed by atoms with Crippen LogP contribution >= 0.6 is 35.4 Å². The fourth-order valence-electron chi connectivity index (χ4n) is 4.15. The smallest absolute Gasteiger partial charge is 0.270 e. The van der Waals surface area contributed by atoms with Crippen molar-refractivity contribution in [2.45, 2.75) is 13.8 Å². The molecule has 9 heteroatoms. The van der Waals surface area contributed by atoms with Gasteiger partial charge < -0.3 is 9.64 Å². The summed E-state index contributed by atoms with van der Waals surface area (Å²) in [5.74, 6) is -0.569. The van der Waals surface area contributed by atoms with E-state index in [0.717, 1.165) is 18.8 Å². The molecule has 0 atom stereocenters. The highest BCUT2D eigenvalue weighted by Gasteiger charge is 2.41. The second kappa shape index (κ2) is 11.3. The molecule has 0 aromatic heterocycles. The average Bonchev–Trinajstić information content (AvgIpc) is 2.90. The lowest BCUT2D eigenvalue weighted by atomic mass is 10.0. The van der Waals surface area contributed by atoms with Crippen LogP contribution in [0.2, 0.25) is 10.0 Å². The van der Waals surface area contributed by atoms with Gasteiger partial charge in [0, 0.05) is 30.4 Å². The number of hydrogen-bond acceptors (Lipinski definition) is 5. The zero-order valence-electron chi connectivity index (χ0n) is 20.6.